The predicted octanol–water partition coefficient (Wildman–Crippen LogP) is 12.0. The molecule has 9 aromatic carbocycles. The number of para-hydroxylation sites is 1. The minimum absolute atomic E-state index is 0.668. The maximum Gasteiger partial charge on any atom is 0.0991 e. The highest BCUT2D eigenvalue weighted by Gasteiger charge is 2.16. The summed E-state index contributed by atoms with van der Waals surface area (Å²) in [5, 5.41) is 22.1. The van der Waals surface area contributed by atoms with Crippen molar-refractivity contribution >= 4 is 64.9 Å². The van der Waals surface area contributed by atoms with E-state index in [1.807, 2.05) is 18.2 Å². The van der Waals surface area contributed by atoms with Gasteiger partial charge in [-0.3, -0.25) is 0 Å². The molecule has 1 aromatic heterocycles. The third kappa shape index (κ3) is 3.84. The van der Waals surface area contributed by atoms with Crippen LogP contribution in [0.3, 0.4) is 0 Å². The number of hydrogen-bond acceptors (Lipinski definition) is 1. The summed E-state index contributed by atoms with van der Waals surface area (Å²) >= 11 is 0. The Morgan fingerprint density at radius 3 is 1.70 bits per heavy atom. The van der Waals surface area contributed by atoms with E-state index in [-0.39, 0.29) is 0 Å². The lowest BCUT2D eigenvalue weighted by Gasteiger charge is -2.15. The number of hydrogen-bond donors (Lipinski definition) is 0. The van der Waals surface area contributed by atoms with Crippen LogP contribution in [0.4, 0.5) is 0 Å². The van der Waals surface area contributed by atoms with Crippen LogP contribution in [0.2, 0.25) is 0 Å². The van der Waals surface area contributed by atoms with E-state index >= 15 is 0 Å². The largest absolute Gasteiger partial charge is 0.309 e. The Hall–Kier alpha value is -6.43. The number of fused-ring (bicyclic) bond motifs is 4. The van der Waals surface area contributed by atoms with Crippen molar-refractivity contribution in [2.24, 2.45) is 0 Å². The molecule has 1 heterocycles. The molecule has 216 valence electrons. The van der Waals surface area contributed by atoms with Gasteiger partial charge in [0, 0.05) is 16.5 Å². The monoisotopic (exact) mass is 594 g/mol. The minimum atomic E-state index is 0.668. The normalized spacial score (nSPS) is 11.8. The van der Waals surface area contributed by atoms with Crippen LogP contribution in [0.25, 0.3) is 92.8 Å². The number of nitriles is 1. The minimum Gasteiger partial charge on any atom is -0.309 e. The standard InChI is InChI=1S/C45H26N2/c46-27-28-13-19-42-40(21-28)41-26-30(18-20-43(41)47(42)37-9-2-1-3-10-37)35-22-31-14-16-33-24-36(25-34-17-15-32(23-35)44(31)45(33)34)39-12-6-8-29-7-4-5-11-38(29)39/h1-26H. The molecule has 0 radical (unpaired) electrons. The molecule has 0 aliphatic heterocycles. The van der Waals surface area contributed by atoms with Gasteiger partial charge in [-0.1, -0.05) is 91.0 Å². The fourth-order valence-corrected chi connectivity index (χ4v) is 7.76. The van der Waals surface area contributed by atoms with Gasteiger partial charge in [0.25, 0.3) is 0 Å². The van der Waals surface area contributed by atoms with Crippen molar-refractivity contribution in [3.63, 3.8) is 0 Å². The van der Waals surface area contributed by atoms with Gasteiger partial charge in [0.1, 0.15) is 0 Å². The topological polar surface area (TPSA) is 28.7 Å². The molecule has 0 fully saturated rings. The van der Waals surface area contributed by atoms with Gasteiger partial charge in [-0.25, -0.2) is 0 Å². The summed E-state index contributed by atoms with van der Waals surface area (Å²) in [6.07, 6.45) is 0. The van der Waals surface area contributed by atoms with Crippen LogP contribution in [-0.4, -0.2) is 4.57 Å². The average Bonchev–Trinajstić information content (AvgIpc) is 3.46. The van der Waals surface area contributed by atoms with E-state index < -0.39 is 0 Å². The first kappa shape index (κ1) is 25.9. The highest BCUT2D eigenvalue weighted by atomic mass is 15.0. The molecule has 0 aliphatic carbocycles. The van der Waals surface area contributed by atoms with E-state index in [2.05, 4.69) is 150 Å². The van der Waals surface area contributed by atoms with Crippen molar-refractivity contribution < 1.29 is 0 Å². The van der Waals surface area contributed by atoms with E-state index in [0.29, 0.717) is 5.56 Å². The molecule has 10 rings (SSSR count). The van der Waals surface area contributed by atoms with Crippen molar-refractivity contribution in [3.05, 3.63) is 163 Å². The molecule has 0 saturated carbocycles. The van der Waals surface area contributed by atoms with Gasteiger partial charge in [-0.2, -0.15) is 5.26 Å². The number of nitrogens with zero attached hydrogens (tertiary/aromatic N) is 2. The maximum absolute atomic E-state index is 9.72. The quantitative estimate of drug-likeness (QED) is 0.187. The summed E-state index contributed by atoms with van der Waals surface area (Å²) < 4.78 is 2.29. The van der Waals surface area contributed by atoms with Gasteiger partial charge in [0.05, 0.1) is 22.7 Å². The van der Waals surface area contributed by atoms with Gasteiger partial charge < -0.3 is 4.57 Å². The molecule has 0 spiro atoms. The second kappa shape index (κ2) is 9.78. The first-order chi connectivity index (χ1) is 23.2. The molecule has 0 unspecified atom stereocenters. The molecule has 0 aliphatic rings. The highest BCUT2D eigenvalue weighted by Crippen LogP contribution is 2.42. The molecule has 0 saturated heterocycles. The van der Waals surface area contributed by atoms with Crippen molar-refractivity contribution in [2.45, 2.75) is 0 Å². The Morgan fingerprint density at radius 2 is 1.00 bits per heavy atom. The molecular formula is C45H26N2. The van der Waals surface area contributed by atoms with Crippen LogP contribution in [0, 0.1) is 11.3 Å². The van der Waals surface area contributed by atoms with E-state index in [1.165, 1.54) is 59.8 Å². The maximum atomic E-state index is 9.72. The summed E-state index contributed by atoms with van der Waals surface area (Å²) in [6.45, 7) is 0. The molecule has 10 aromatic rings. The van der Waals surface area contributed by atoms with Gasteiger partial charge in [0.15, 0.2) is 0 Å². The van der Waals surface area contributed by atoms with Crippen LogP contribution >= 0.6 is 0 Å². The molecule has 0 bridgehead atoms. The summed E-state index contributed by atoms with van der Waals surface area (Å²) in [5.41, 5.74) is 8.86. The Morgan fingerprint density at radius 1 is 0.404 bits per heavy atom. The summed E-state index contributed by atoms with van der Waals surface area (Å²) in [6, 6.07) is 59.2. The number of aromatic nitrogens is 1. The van der Waals surface area contributed by atoms with Crippen molar-refractivity contribution in [1.29, 1.82) is 5.26 Å². The van der Waals surface area contributed by atoms with Gasteiger partial charge in [-0.05, 0) is 132 Å². The van der Waals surface area contributed by atoms with Gasteiger partial charge in [0.2, 0.25) is 0 Å². The van der Waals surface area contributed by atoms with E-state index in [0.717, 1.165) is 33.1 Å². The third-order valence-electron chi connectivity index (χ3n) is 9.88. The fourth-order valence-electron chi connectivity index (χ4n) is 7.76. The van der Waals surface area contributed by atoms with Crippen LogP contribution < -0.4 is 0 Å². The van der Waals surface area contributed by atoms with Crippen LogP contribution in [0.1, 0.15) is 5.56 Å². The molecule has 47 heavy (non-hydrogen) atoms. The average molecular weight is 595 g/mol. The smallest absolute Gasteiger partial charge is 0.0991 e. The van der Waals surface area contributed by atoms with E-state index in [1.54, 1.807) is 0 Å². The molecule has 0 amide bonds. The SMILES string of the molecule is N#Cc1ccc2c(c1)c1cc(-c3cc4ccc5cc(-c6cccc7ccccc67)cc6ccc(c3)c4c56)ccc1n2-c1ccccc1. The van der Waals surface area contributed by atoms with Gasteiger partial charge in [-0.15, -0.1) is 0 Å². The lowest BCUT2D eigenvalue weighted by molar-refractivity contribution is 1.18. The van der Waals surface area contributed by atoms with E-state index in [4.69, 9.17) is 0 Å². The van der Waals surface area contributed by atoms with Crippen LogP contribution in [0.15, 0.2) is 158 Å². The third-order valence-corrected chi connectivity index (χ3v) is 9.88. The number of rotatable bonds is 3. The molecule has 0 atom stereocenters. The second-order valence-electron chi connectivity index (χ2n) is 12.5. The Kier molecular flexibility index (Phi) is 5.38. The summed E-state index contributed by atoms with van der Waals surface area (Å²) in [4.78, 5) is 0. The summed E-state index contributed by atoms with van der Waals surface area (Å²) in [7, 11) is 0. The Balaban J connectivity index is 1.16. The van der Waals surface area contributed by atoms with Gasteiger partial charge >= 0.3 is 0 Å². The second-order valence-corrected chi connectivity index (χ2v) is 12.5. The lowest BCUT2D eigenvalue weighted by atomic mass is 9.88. The first-order valence-corrected chi connectivity index (χ1v) is 16.0. The summed E-state index contributed by atoms with van der Waals surface area (Å²) in [5.74, 6) is 0. The zero-order chi connectivity index (χ0) is 31.1. The zero-order valence-corrected chi connectivity index (χ0v) is 25.4. The highest BCUT2D eigenvalue weighted by molar-refractivity contribution is 6.25. The molecule has 2 heteroatoms. The Bertz CT molecular complexity index is 2830. The Labute approximate surface area is 271 Å². The van der Waals surface area contributed by atoms with E-state index in [9.17, 15) is 5.26 Å². The van der Waals surface area contributed by atoms with Crippen molar-refractivity contribution in [2.75, 3.05) is 0 Å². The lowest BCUT2D eigenvalue weighted by Crippen LogP contribution is -1.93. The van der Waals surface area contributed by atoms with Crippen molar-refractivity contribution in [1.82, 2.24) is 4.57 Å². The predicted molar refractivity (Wildman–Crippen MR) is 198 cm³/mol. The molecule has 0 N–H and O–H groups in total. The number of benzene rings is 9. The fraction of sp³-hybridized carbons (Fsp3) is 0. The zero-order valence-electron chi connectivity index (χ0n) is 25.4. The molecule has 2 nitrogen and oxygen atoms in total. The van der Waals surface area contributed by atoms with Crippen LogP contribution in [0.5, 0.6) is 0 Å². The first-order valence-electron chi connectivity index (χ1n) is 16.0. The van der Waals surface area contributed by atoms with Crippen LogP contribution in [-0.2, 0) is 0 Å². The van der Waals surface area contributed by atoms with Crippen molar-refractivity contribution in [3.8, 4) is 34.0 Å². The molecular weight excluding hydrogens is 569 g/mol.